The van der Waals surface area contributed by atoms with Crippen molar-refractivity contribution >= 4 is 5.91 Å². The van der Waals surface area contributed by atoms with Crippen LogP contribution in [0.4, 0.5) is 0 Å². The van der Waals surface area contributed by atoms with Crippen LogP contribution in [-0.2, 0) is 0 Å². The molecule has 0 bridgehead atoms. The average molecular weight is 242 g/mol. The molecule has 1 heterocycles. The van der Waals surface area contributed by atoms with Gasteiger partial charge in [-0.1, -0.05) is 19.0 Å². The first kappa shape index (κ1) is 13.7. The lowest BCUT2D eigenvalue weighted by molar-refractivity contribution is 0.0716. The number of amides is 1. The molecule has 0 aromatic carbocycles. The maximum Gasteiger partial charge on any atom is 0.274 e. The summed E-state index contributed by atoms with van der Waals surface area (Å²) in [7, 11) is 0. The standard InChI is InChI=1S/C11H18N2O4/c1-7(2)9-4-8(13-17-9)10(16)12-11(3,5-14)6-15/h4,7,14-15H,5-6H2,1-3H3,(H,12,16). The molecule has 0 aliphatic carbocycles. The predicted molar refractivity (Wildman–Crippen MR) is 60.6 cm³/mol. The Morgan fingerprint density at radius 1 is 1.53 bits per heavy atom. The summed E-state index contributed by atoms with van der Waals surface area (Å²) < 4.78 is 4.99. The van der Waals surface area contributed by atoms with Gasteiger partial charge in [0, 0.05) is 12.0 Å². The molecule has 3 N–H and O–H groups in total. The second-order valence-electron chi connectivity index (χ2n) is 4.60. The van der Waals surface area contributed by atoms with Crippen molar-refractivity contribution in [2.45, 2.75) is 32.2 Å². The van der Waals surface area contributed by atoms with E-state index in [1.54, 1.807) is 6.07 Å². The second-order valence-corrected chi connectivity index (χ2v) is 4.60. The summed E-state index contributed by atoms with van der Waals surface area (Å²) in [6.07, 6.45) is 0. The highest BCUT2D eigenvalue weighted by molar-refractivity contribution is 5.92. The van der Waals surface area contributed by atoms with Crippen LogP contribution in [0, 0.1) is 0 Å². The number of aliphatic hydroxyl groups is 2. The molecule has 0 saturated carbocycles. The number of hydrogen-bond acceptors (Lipinski definition) is 5. The van der Waals surface area contributed by atoms with Crippen molar-refractivity contribution in [1.82, 2.24) is 10.5 Å². The minimum Gasteiger partial charge on any atom is -0.394 e. The zero-order valence-corrected chi connectivity index (χ0v) is 10.2. The third-order valence-corrected chi connectivity index (χ3v) is 2.44. The maximum atomic E-state index is 11.8. The topological polar surface area (TPSA) is 95.6 Å². The number of nitrogens with zero attached hydrogens (tertiary/aromatic N) is 1. The summed E-state index contributed by atoms with van der Waals surface area (Å²) in [5.74, 6) is 0.280. The Bertz CT molecular complexity index is 383. The monoisotopic (exact) mass is 242 g/mol. The number of carbonyl (C=O) groups is 1. The first-order valence-electron chi connectivity index (χ1n) is 5.42. The van der Waals surface area contributed by atoms with Crippen molar-refractivity contribution in [3.63, 3.8) is 0 Å². The molecule has 1 rings (SSSR count). The molecule has 0 atom stereocenters. The van der Waals surface area contributed by atoms with E-state index in [4.69, 9.17) is 14.7 Å². The lowest BCUT2D eigenvalue weighted by atomic mass is 10.1. The molecule has 1 aromatic rings. The van der Waals surface area contributed by atoms with E-state index in [-0.39, 0.29) is 24.8 Å². The Hall–Kier alpha value is -1.40. The minimum atomic E-state index is -1.06. The lowest BCUT2D eigenvalue weighted by Gasteiger charge is -2.25. The Morgan fingerprint density at radius 2 is 2.12 bits per heavy atom. The van der Waals surface area contributed by atoms with Gasteiger partial charge in [0.1, 0.15) is 5.76 Å². The molecule has 0 radical (unpaired) electrons. The molecule has 0 spiro atoms. The van der Waals surface area contributed by atoms with Gasteiger partial charge < -0.3 is 20.1 Å². The fourth-order valence-corrected chi connectivity index (χ4v) is 1.14. The number of aromatic nitrogens is 1. The van der Waals surface area contributed by atoms with E-state index in [2.05, 4.69) is 10.5 Å². The fraction of sp³-hybridized carbons (Fsp3) is 0.636. The molecule has 6 nitrogen and oxygen atoms in total. The van der Waals surface area contributed by atoms with Crippen LogP contribution in [0.3, 0.4) is 0 Å². The van der Waals surface area contributed by atoms with Crippen LogP contribution in [-0.4, -0.2) is 40.0 Å². The van der Waals surface area contributed by atoms with Gasteiger partial charge in [0.2, 0.25) is 0 Å². The number of hydrogen-bond donors (Lipinski definition) is 3. The van der Waals surface area contributed by atoms with E-state index in [1.165, 1.54) is 6.92 Å². The van der Waals surface area contributed by atoms with Crippen molar-refractivity contribution in [2.75, 3.05) is 13.2 Å². The van der Waals surface area contributed by atoms with Crippen molar-refractivity contribution in [3.8, 4) is 0 Å². The van der Waals surface area contributed by atoms with Gasteiger partial charge in [-0.05, 0) is 6.92 Å². The molecule has 0 aliphatic heterocycles. The van der Waals surface area contributed by atoms with E-state index in [0.717, 1.165) is 0 Å². The van der Waals surface area contributed by atoms with Crippen molar-refractivity contribution in [1.29, 1.82) is 0 Å². The van der Waals surface area contributed by atoms with Crippen LogP contribution in [0.15, 0.2) is 10.6 Å². The van der Waals surface area contributed by atoms with Gasteiger partial charge in [0.25, 0.3) is 5.91 Å². The number of rotatable bonds is 5. The zero-order chi connectivity index (χ0) is 13.1. The van der Waals surface area contributed by atoms with Crippen LogP contribution in [0.5, 0.6) is 0 Å². The molecule has 17 heavy (non-hydrogen) atoms. The second kappa shape index (κ2) is 5.29. The Morgan fingerprint density at radius 3 is 2.53 bits per heavy atom. The van der Waals surface area contributed by atoms with E-state index in [1.807, 2.05) is 13.8 Å². The van der Waals surface area contributed by atoms with Gasteiger partial charge in [-0.3, -0.25) is 4.79 Å². The quantitative estimate of drug-likeness (QED) is 0.689. The SMILES string of the molecule is CC(C)c1cc(C(=O)NC(C)(CO)CO)no1. The fourth-order valence-electron chi connectivity index (χ4n) is 1.14. The average Bonchev–Trinajstić information content (AvgIpc) is 2.78. The van der Waals surface area contributed by atoms with Crippen molar-refractivity contribution in [3.05, 3.63) is 17.5 Å². The van der Waals surface area contributed by atoms with E-state index >= 15 is 0 Å². The Balaban J connectivity index is 2.76. The van der Waals surface area contributed by atoms with E-state index in [0.29, 0.717) is 5.76 Å². The lowest BCUT2D eigenvalue weighted by Crippen LogP contribution is -2.51. The Labute approximate surface area is 99.6 Å². The smallest absolute Gasteiger partial charge is 0.274 e. The van der Waals surface area contributed by atoms with Crippen LogP contribution in [0.1, 0.15) is 42.9 Å². The zero-order valence-electron chi connectivity index (χ0n) is 10.2. The molecule has 0 fully saturated rings. The summed E-state index contributed by atoms with van der Waals surface area (Å²) >= 11 is 0. The van der Waals surface area contributed by atoms with Crippen LogP contribution in [0.2, 0.25) is 0 Å². The minimum absolute atomic E-state index is 0.141. The van der Waals surface area contributed by atoms with Crippen LogP contribution >= 0.6 is 0 Å². The highest BCUT2D eigenvalue weighted by Crippen LogP contribution is 2.15. The summed E-state index contributed by atoms with van der Waals surface area (Å²) in [6.45, 7) is 4.67. The van der Waals surface area contributed by atoms with Crippen LogP contribution < -0.4 is 5.32 Å². The summed E-state index contributed by atoms with van der Waals surface area (Å²) in [5.41, 5.74) is -0.921. The Kier molecular flexibility index (Phi) is 4.25. The third-order valence-electron chi connectivity index (χ3n) is 2.44. The van der Waals surface area contributed by atoms with Gasteiger partial charge in [-0.2, -0.15) is 0 Å². The van der Waals surface area contributed by atoms with Gasteiger partial charge >= 0.3 is 0 Å². The van der Waals surface area contributed by atoms with Crippen molar-refractivity contribution in [2.24, 2.45) is 0 Å². The highest BCUT2D eigenvalue weighted by atomic mass is 16.5. The van der Waals surface area contributed by atoms with Gasteiger partial charge in [-0.25, -0.2) is 0 Å². The maximum absolute atomic E-state index is 11.8. The van der Waals surface area contributed by atoms with Crippen LogP contribution in [0.25, 0.3) is 0 Å². The number of aliphatic hydroxyl groups excluding tert-OH is 2. The molecule has 1 amide bonds. The molecular weight excluding hydrogens is 224 g/mol. The van der Waals surface area contributed by atoms with Gasteiger partial charge in [-0.15, -0.1) is 0 Å². The molecule has 96 valence electrons. The van der Waals surface area contributed by atoms with Crippen molar-refractivity contribution < 1.29 is 19.5 Å². The summed E-state index contributed by atoms with van der Waals surface area (Å²) in [6, 6.07) is 1.55. The van der Waals surface area contributed by atoms with Gasteiger partial charge in [0.05, 0.1) is 18.8 Å². The molecule has 6 heteroatoms. The predicted octanol–water partition coefficient (Wildman–Crippen LogP) is 0.271. The first-order chi connectivity index (χ1) is 7.91. The number of carbonyl (C=O) groups excluding carboxylic acids is 1. The number of nitrogens with one attached hydrogen (secondary N) is 1. The molecule has 0 aliphatic rings. The summed E-state index contributed by atoms with van der Waals surface area (Å²) in [4.78, 5) is 11.8. The summed E-state index contributed by atoms with van der Waals surface area (Å²) in [5, 5.41) is 24.3. The first-order valence-corrected chi connectivity index (χ1v) is 5.42. The van der Waals surface area contributed by atoms with E-state index < -0.39 is 11.4 Å². The molecule has 0 unspecified atom stereocenters. The largest absolute Gasteiger partial charge is 0.394 e. The van der Waals surface area contributed by atoms with E-state index in [9.17, 15) is 4.79 Å². The normalized spacial score (nSPS) is 11.9. The molecule has 0 saturated heterocycles. The molecular formula is C11H18N2O4. The highest BCUT2D eigenvalue weighted by Gasteiger charge is 2.26. The third kappa shape index (κ3) is 3.28. The van der Waals surface area contributed by atoms with Gasteiger partial charge in [0.15, 0.2) is 5.69 Å². The molecule has 1 aromatic heterocycles.